The van der Waals surface area contributed by atoms with Crippen molar-refractivity contribution in [3.63, 3.8) is 0 Å². The summed E-state index contributed by atoms with van der Waals surface area (Å²) in [5.41, 5.74) is 16.6. The molecule has 0 radical (unpaired) electrons. The molecule has 282 valence electrons. The highest BCUT2D eigenvalue weighted by atomic mass is 32.1. The van der Waals surface area contributed by atoms with Crippen LogP contribution in [-0.2, 0) is 25.9 Å². The minimum atomic E-state index is -0.600. The van der Waals surface area contributed by atoms with Crippen molar-refractivity contribution in [2.75, 3.05) is 11.5 Å². The summed E-state index contributed by atoms with van der Waals surface area (Å²) in [5, 5.41) is 8.83. The summed E-state index contributed by atoms with van der Waals surface area (Å²) in [6.45, 7) is 0.165. The van der Waals surface area contributed by atoms with Crippen LogP contribution in [0.2, 0.25) is 0 Å². The Bertz CT molecular complexity index is 2820. The molecule has 6 aromatic heterocycles. The number of nitrogens with one attached hydrogen (secondary N) is 2. The first kappa shape index (κ1) is 36.6. The average molecular weight is 781 g/mol. The van der Waals surface area contributed by atoms with Crippen LogP contribution in [0.5, 0.6) is 0 Å². The number of aromatic nitrogens is 8. The molecule has 0 saturated carbocycles. The topological polar surface area (TPSA) is 213 Å². The van der Waals surface area contributed by atoms with E-state index in [1.807, 2.05) is 35.7 Å². The Morgan fingerprint density at radius 3 is 1.96 bits per heavy atom. The first-order valence-corrected chi connectivity index (χ1v) is 18.4. The van der Waals surface area contributed by atoms with Crippen molar-refractivity contribution in [2.45, 2.75) is 25.9 Å². The second-order valence-corrected chi connectivity index (χ2v) is 13.6. The number of para-hydroxylation sites is 2. The number of hydrogen-bond donors (Lipinski definition) is 4. The molecule has 0 aliphatic rings. The van der Waals surface area contributed by atoms with E-state index in [2.05, 4.69) is 45.5 Å². The van der Waals surface area contributed by atoms with Gasteiger partial charge in [0.25, 0.3) is 11.8 Å². The largest absolute Gasteiger partial charge is 0.368 e. The number of benzene rings is 2. The Morgan fingerprint density at radius 2 is 1.30 bits per heavy atom. The molecule has 6 heterocycles. The molecule has 0 fully saturated rings. The molecule has 0 aliphatic heterocycles. The summed E-state index contributed by atoms with van der Waals surface area (Å²) >= 11 is 1.47. The number of rotatable bonds is 11. The number of nitrogens with zero attached hydrogens (tertiary/aromatic N) is 8. The SMILES string of the molecule is Nc1nc(C(=O)NCc2cccc(-c3nc(CCc4ccc(-c5cccnc5CNC(=O)c5nc(N)nc6c(F)cccc56)nc4)cs3)n2)c2cccc(F)c2n1. The van der Waals surface area contributed by atoms with Crippen LogP contribution in [0, 0.1) is 11.6 Å². The van der Waals surface area contributed by atoms with E-state index in [0.29, 0.717) is 35.6 Å². The lowest BCUT2D eigenvalue weighted by Crippen LogP contribution is -2.25. The van der Waals surface area contributed by atoms with Crippen LogP contribution >= 0.6 is 11.3 Å². The molecule has 0 unspecified atom stereocenters. The molecule has 0 saturated heterocycles. The maximum atomic E-state index is 14.3. The fraction of sp³-hybridized carbons (Fsp3) is 0.100. The van der Waals surface area contributed by atoms with E-state index in [1.165, 1.54) is 35.6 Å². The molecule has 0 atom stereocenters. The van der Waals surface area contributed by atoms with Crippen LogP contribution in [0.1, 0.15) is 43.6 Å². The van der Waals surface area contributed by atoms with E-state index in [1.54, 1.807) is 36.7 Å². The van der Waals surface area contributed by atoms with E-state index in [4.69, 9.17) is 16.5 Å². The number of nitrogen functional groups attached to an aromatic ring is 2. The van der Waals surface area contributed by atoms with Crippen LogP contribution in [-0.4, -0.2) is 51.7 Å². The molecule has 57 heavy (non-hydrogen) atoms. The van der Waals surface area contributed by atoms with Crippen molar-refractivity contribution < 1.29 is 18.4 Å². The van der Waals surface area contributed by atoms with Crippen LogP contribution in [0.4, 0.5) is 20.7 Å². The van der Waals surface area contributed by atoms with Gasteiger partial charge in [-0.15, -0.1) is 11.3 Å². The predicted molar refractivity (Wildman–Crippen MR) is 210 cm³/mol. The third-order valence-electron chi connectivity index (χ3n) is 8.90. The quantitative estimate of drug-likeness (QED) is 0.126. The summed E-state index contributed by atoms with van der Waals surface area (Å²) in [6.07, 6.45) is 4.79. The number of halogens is 2. The van der Waals surface area contributed by atoms with Crippen molar-refractivity contribution >= 4 is 56.9 Å². The van der Waals surface area contributed by atoms with Gasteiger partial charge in [0.15, 0.2) is 0 Å². The van der Waals surface area contributed by atoms with Gasteiger partial charge in [-0.1, -0.05) is 36.4 Å². The summed E-state index contributed by atoms with van der Waals surface area (Å²) < 4.78 is 28.6. The molecule has 8 aromatic rings. The minimum Gasteiger partial charge on any atom is -0.368 e. The number of hydrogen-bond acceptors (Lipinski definition) is 13. The van der Waals surface area contributed by atoms with Gasteiger partial charge in [-0.3, -0.25) is 19.6 Å². The zero-order valence-electron chi connectivity index (χ0n) is 29.8. The smallest absolute Gasteiger partial charge is 0.271 e. The van der Waals surface area contributed by atoms with E-state index < -0.39 is 23.4 Å². The van der Waals surface area contributed by atoms with Gasteiger partial charge in [0.2, 0.25) is 11.9 Å². The minimum absolute atomic E-state index is 0.0221. The third kappa shape index (κ3) is 7.90. The molecule has 17 heteroatoms. The van der Waals surface area contributed by atoms with Gasteiger partial charge in [-0.2, -0.15) is 0 Å². The number of carbonyl (C=O) groups excluding carboxylic acids is 2. The molecule has 2 amide bonds. The zero-order valence-corrected chi connectivity index (χ0v) is 30.6. The van der Waals surface area contributed by atoms with Crippen molar-refractivity contribution in [1.82, 2.24) is 50.5 Å². The highest BCUT2D eigenvalue weighted by molar-refractivity contribution is 7.13. The Morgan fingerprint density at radius 1 is 0.632 bits per heavy atom. The summed E-state index contributed by atoms with van der Waals surface area (Å²) in [7, 11) is 0. The molecule has 14 nitrogen and oxygen atoms in total. The number of carbonyl (C=O) groups is 2. The number of aryl methyl sites for hydroxylation is 2. The van der Waals surface area contributed by atoms with Gasteiger partial charge in [-0.05, 0) is 60.9 Å². The van der Waals surface area contributed by atoms with Gasteiger partial charge in [-0.25, -0.2) is 38.7 Å². The van der Waals surface area contributed by atoms with Crippen LogP contribution < -0.4 is 22.1 Å². The molecule has 0 bridgehead atoms. The van der Waals surface area contributed by atoms with Gasteiger partial charge >= 0.3 is 0 Å². The fourth-order valence-electron chi connectivity index (χ4n) is 6.17. The molecule has 2 aromatic carbocycles. The number of fused-ring (bicyclic) bond motifs is 2. The molecule has 0 aliphatic carbocycles. The van der Waals surface area contributed by atoms with Crippen LogP contribution in [0.3, 0.4) is 0 Å². The van der Waals surface area contributed by atoms with Crippen molar-refractivity contribution in [1.29, 1.82) is 0 Å². The number of amides is 2. The number of nitrogens with two attached hydrogens (primary N) is 2. The van der Waals surface area contributed by atoms with Gasteiger partial charge in [0.1, 0.15) is 39.1 Å². The maximum Gasteiger partial charge on any atom is 0.271 e. The zero-order chi connectivity index (χ0) is 39.5. The Labute approximate surface area is 326 Å². The van der Waals surface area contributed by atoms with E-state index >= 15 is 0 Å². The second-order valence-electron chi connectivity index (χ2n) is 12.7. The van der Waals surface area contributed by atoms with E-state index in [9.17, 15) is 18.4 Å². The summed E-state index contributed by atoms with van der Waals surface area (Å²) in [6, 6.07) is 21.6. The van der Waals surface area contributed by atoms with Gasteiger partial charge in [0, 0.05) is 34.1 Å². The summed E-state index contributed by atoms with van der Waals surface area (Å²) in [5.74, 6) is -2.68. The lowest BCUT2D eigenvalue weighted by molar-refractivity contribution is 0.0939. The van der Waals surface area contributed by atoms with Crippen molar-refractivity contribution in [3.8, 4) is 22.0 Å². The molecular weight excluding hydrogens is 751 g/mol. The Hall–Kier alpha value is -7.40. The Kier molecular flexibility index (Phi) is 10.1. The highest BCUT2D eigenvalue weighted by Crippen LogP contribution is 2.26. The molecule has 8 rings (SSSR count). The van der Waals surface area contributed by atoms with Crippen LogP contribution in [0.15, 0.2) is 96.6 Å². The average Bonchev–Trinajstić information content (AvgIpc) is 3.71. The molecule has 0 spiro atoms. The third-order valence-corrected chi connectivity index (χ3v) is 9.82. The predicted octanol–water partition coefficient (Wildman–Crippen LogP) is 5.64. The van der Waals surface area contributed by atoms with Gasteiger partial charge in [0.05, 0.1) is 41.6 Å². The van der Waals surface area contributed by atoms with Gasteiger partial charge < -0.3 is 22.1 Å². The van der Waals surface area contributed by atoms with Crippen LogP contribution in [0.25, 0.3) is 43.8 Å². The normalized spacial score (nSPS) is 11.2. The first-order valence-electron chi connectivity index (χ1n) is 17.5. The monoisotopic (exact) mass is 780 g/mol. The number of thiazole rings is 1. The Balaban J connectivity index is 0.883. The summed E-state index contributed by atoms with van der Waals surface area (Å²) in [4.78, 5) is 60.8. The number of pyridine rings is 3. The van der Waals surface area contributed by atoms with Crippen molar-refractivity contribution in [3.05, 3.63) is 142 Å². The fourth-order valence-corrected chi connectivity index (χ4v) is 6.99. The molecule has 6 N–H and O–H groups in total. The standard InChI is InChI=1S/C40H30F2N12O2S/c41-27-9-2-6-25-32(27)51-39(43)53-34(25)36(55)47-18-22-5-1-11-30(49-22)38-50-23(20-57-38)14-12-21-13-15-29(46-17-21)24-8-4-16-45-31(24)19-48-37(56)35-26-7-3-10-28(42)33(26)52-40(44)54-35/h1-11,13,15-17,20H,12,14,18-19H2,(H,47,55)(H,48,56)(H2,43,51,53)(H2,44,52,54). The van der Waals surface area contributed by atoms with E-state index in [0.717, 1.165) is 21.8 Å². The van der Waals surface area contributed by atoms with E-state index in [-0.39, 0.29) is 58.2 Å². The molecular formula is C40H30F2N12O2S. The number of anilines is 2. The second kappa shape index (κ2) is 15.8. The van der Waals surface area contributed by atoms with Crippen molar-refractivity contribution in [2.24, 2.45) is 0 Å². The lowest BCUT2D eigenvalue weighted by Gasteiger charge is -2.11. The maximum absolute atomic E-state index is 14.3. The lowest BCUT2D eigenvalue weighted by atomic mass is 10.1. The first-order chi connectivity index (χ1) is 27.7. The highest BCUT2D eigenvalue weighted by Gasteiger charge is 2.19.